The summed E-state index contributed by atoms with van der Waals surface area (Å²) in [6, 6.07) is 28.4. The number of hydrogen-bond acceptors (Lipinski definition) is 6. The van der Waals surface area contributed by atoms with Crippen molar-refractivity contribution in [3.8, 4) is 22.3 Å². The SMILES string of the molecule is C.C.C=CC[C@H](C(=O)O)[C@@H](CC(C)C)C(=O)NC1C(=O)N(C)c2ccccc2-c2ccccc21.C=CC[C@H](C(=O)O)[C@@H](CC(C)C)C(=O)NC1C(=O)N(C)c2ccccc2-c2ccccc21. The molecule has 2 unspecified atom stereocenters. The normalized spacial score (nSPS) is 16.5. The highest BCUT2D eigenvalue weighted by Crippen LogP contribution is 2.41. The summed E-state index contributed by atoms with van der Waals surface area (Å²) in [4.78, 5) is 80.7. The van der Waals surface area contributed by atoms with Gasteiger partial charge < -0.3 is 30.6 Å². The van der Waals surface area contributed by atoms with Crippen molar-refractivity contribution in [3.05, 3.63) is 133 Å². The zero-order valence-corrected chi connectivity index (χ0v) is 37.5. The first-order valence-corrected chi connectivity index (χ1v) is 21.7. The second-order valence-corrected chi connectivity index (χ2v) is 17.3. The molecule has 2 aliphatic heterocycles. The summed E-state index contributed by atoms with van der Waals surface area (Å²) in [7, 11) is 3.38. The fraction of sp³-hybridized carbons (Fsp3) is 0.370. The third-order valence-electron chi connectivity index (χ3n) is 12.0. The summed E-state index contributed by atoms with van der Waals surface area (Å²) in [5, 5.41) is 25.3. The molecule has 4 aromatic rings. The lowest BCUT2D eigenvalue weighted by atomic mass is 9.82. The van der Waals surface area contributed by atoms with Gasteiger partial charge in [-0.25, -0.2) is 0 Å². The Balaban J connectivity index is 0.000000340. The summed E-state index contributed by atoms with van der Waals surface area (Å²) < 4.78 is 0. The van der Waals surface area contributed by atoms with E-state index in [-0.39, 0.29) is 51.3 Å². The van der Waals surface area contributed by atoms with E-state index in [4.69, 9.17) is 0 Å². The maximum Gasteiger partial charge on any atom is 0.307 e. The van der Waals surface area contributed by atoms with Gasteiger partial charge in [0.25, 0.3) is 11.8 Å². The Bertz CT molecular complexity index is 2230. The predicted octanol–water partition coefficient (Wildman–Crippen LogP) is 10.1. The fourth-order valence-electron chi connectivity index (χ4n) is 8.80. The molecule has 0 spiro atoms. The zero-order chi connectivity index (χ0) is 46.8. The van der Waals surface area contributed by atoms with Gasteiger partial charge in [0.2, 0.25) is 11.8 Å². The minimum atomic E-state index is -1.04. The van der Waals surface area contributed by atoms with Crippen LogP contribution in [0.3, 0.4) is 0 Å². The highest BCUT2D eigenvalue weighted by molar-refractivity contribution is 6.07. The van der Waals surface area contributed by atoms with Gasteiger partial charge in [0.1, 0.15) is 12.1 Å². The minimum Gasteiger partial charge on any atom is -0.481 e. The average molecular weight is 901 g/mol. The molecule has 352 valence electrons. The summed E-state index contributed by atoms with van der Waals surface area (Å²) in [6.45, 7) is 15.1. The molecule has 12 nitrogen and oxygen atoms in total. The predicted molar refractivity (Wildman–Crippen MR) is 264 cm³/mol. The molecule has 4 aromatic carbocycles. The second-order valence-electron chi connectivity index (χ2n) is 17.3. The molecule has 2 aliphatic rings. The Kier molecular flexibility index (Phi) is 19.4. The smallest absolute Gasteiger partial charge is 0.307 e. The molecule has 4 N–H and O–H groups in total. The Labute approximate surface area is 390 Å². The lowest BCUT2D eigenvalue weighted by Gasteiger charge is -2.28. The van der Waals surface area contributed by atoms with Crippen molar-refractivity contribution in [3.63, 3.8) is 0 Å². The first-order chi connectivity index (χ1) is 30.5. The molecule has 0 fully saturated rings. The van der Waals surface area contributed by atoms with Crippen LogP contribution in [-0.2, 0) is 28.8 Å². The average Bonchev–Trinajstić information content (AvgIpc) is 3.42. The van der Waals surface area contributed by atoms with E-state index in [9.17, 15) is 39.0 Å². The lowest BCUT2D eigenvalue weighted by molar-refractivity contribution is -0.148. The van der Waals surface area contributed by atoms with E-state index in [1.54, 1.807) is 23.9 Å². The van der Waals surface area contributed by atoms with Crippen LogP contribution in [0.25, 0.3) is 22.3 Å². The number of amides is 4. The molecule has 2 heterocycles. The number of carbonyl (C=O) groups excluding carboxylic acids is 4. The van der Waals surface area contributed by atoms with Gasteiger partial charge >= 0.3 is 11.9 Å². The van der Waals surface area contributed by atoms with Gasteiger partial charge in [-0.2, -0.15) is 0 Å². The Hall–Kier alpha value is -6.82. The van der Waals surface area contributed by atoms with Gasteiger partial charge in [-0.3, -0.25) is 28.8 Å². The highest BCUT2D eigenvalue weighted by Gasteiger charge is 2.40. The van der Waals surface area contributed by atoms with Crippen molar-refractivity contribution in [2.24, 2.45) is 35.5 Å². The fourth-order valence-corrected chi connectivity index (χ4v) is 8.80. The third-order valence-corrected chi connectivity index (χ3v) is 12.0. The van der Waals surface area contributed by atoms with Gasteiger partial charge in [0, 0.05) is 25.2 Å². The van der Waals surface area contributed by atoms with E-state index >= 15 is 0 Å². The van der Waals surface area contributed by atoms with Crippen molar-refractivity contribution in [1.29, 1.82) is 0 Å². The summed E-state index contributed by atoms with van der Waals surface area (Å²) in [6.07, 6.45) is 4.21. The number of benzene rings is 4. The number of hydrogen-bond donors (Lipinski definition) is 4. The number of likely N-dealkylation sites (N-methyl/N-ethyl adjacent to an activating group) is 2. The Morgan fingerprint density at radius 2 is 0.848 bits per heavy atom. The third kappa shape index (κ3) is 11.9. The van der Waals surface area contributed by atoms with Gasteiger partial charge in [-0.15, -0.1) is 13.2 Å². The van der Waals surface area contributed by atoms with Crippen LogP contribution in [0.15, 0.2) is 122 Å². The number of para-hydroxylation sites is 2. The van der Waals surface area contributed by atoms with Crippen molar-refractivity contribution < 1.29 is 39.0 Å². The number of rotatable bonds is 16. The van der Waals surface area contributed by atoms with Crippen molar-refractivity contribution in [2.75, 3.05) is 23.9 Å². The lowest BCUT2D eigenvalue weighted by Crippen LogP contribution is -2.45. The van der Waals surface area contributed by atoms with Crippen LogP contribution in [0.5, 0.6) is 0 Å². The summed E-state index contributed by atoms with van der Waals surface area (Å²) >= 11 is 0. The first-order valence-electron chi connectivity index (χ1n) is 21.7. The molecular weight excluding hydrogens is 833 g/mol. The van der Waals surface area contributed by atoms with Gasteiger partial charge in [-0.05, 0) is 71.9 Å². The van der Waals surface area contributed by atoms with Crippen molar-refractivity contribution in [2.45, 2.75) is 80.3 Å². The van der Waals surface area contributed by atoms with E-state index in [0.29, 0.717) is 24.0 Å². The van der Waals surface area contributed by atoms with Crippen LogP contribution in [0, 0.1) is 35.5 Å². The molecular formula is C54H68N4O8. The maximum atomic E-state index is 13.5. The number of anilines is 2. The van der Waals surface area contributed by atoms with Crippen molar-refractivity contribution >= 4 is 46.9 Å². The molecule has 4 amide bonds. The van der Waals surface area contributed by atoms with E-state index in [1.807, 2.05) is 125 Å². The highest BCUT2D eigenvalue weighted by atomic mass is 16.4. The second kappa shape index (κ2) is 23.9. The van der Waals surface area contributed by atoms with E-state index in [2.05, 4.69) is 23.8 Å². The van der Waals surface area contributed by atoms with Gasteiger partial charge in [0.15, 0.2) is 0 Å². The van der Waals surface area contributed by atoms with E-state index < -0.39 is 59.5 Å². The van der Waals surface area contributed by atoms with Gasteiger partial charge in [-0.1, -0.05) is 140 Å². The Morgan fingerprint density at radius 1 is 0.545 bits per heavy atom. The number of carboxylic acids is 2. The number of carboxylic acid groups (broad SMARTS) is 2. The standard InChI is InChI=1S/2C26H30N2O4.2CH4/c2*1-5-10-20(26(31)32)21(15-16(2)3)24(29)27-23-19-13-7-6-11-17(19)18-12-8-9-14-22(18)28(4)25(23)30;;/h2*5-9,11-14,16,20-21,23H,1,10,15H2,2-4H3,(H,27,29)(H,31,32);2*1H4/t2*20-,21+,23?;;/m00../s1. The maximum absolute atomic E-state index is 13.5. The van der Waals surface area contributed by atoms with Crippen LogP contribution < -0.4 is 20.4 Å². The molecule has 12 heteroatoms. The van der Waals surface area contributed by atoms with Crippen molar-refractivity contribution in [1.82, 2.24) is 10.6 Å². The summed E-state index contributed by atoms with van der Waals surface area (Å²) in [5.74, 6) is -6.61. The van der Waals surface area contributed by atoms with Crippen LogP contribution in [0.2, 0.25) is 0 Å². The van der Waals surface area contributed by atoms with E-state index in [1.165, 1.54) is 12.2 Å². The molecule has 66 heavy (non-hydrogen) atoms. The largest absolute Gasteiger partial charge is 0.481 e. The number of carbonyl (C=O) groups is 6. The minimum absolute atomic E-state index is 0. The Morgan fingerprint density at radius 3 is 1.15 bits per heavy atom. The quantitative estimate of drug-likeness (QED) is 0.0804. The molecule has 0 aromatic heterocycles. The topological polar surface area (TPSA) is 173 Å². The molecule has 0 radical (unpaired) electrons. The number of nitrogens with zero attached hydrogens (tertiary/aromatic N) is 2. The molecule has 6 rings (SSSR count). The molecule has 0 saturated carbocycles. The molecule has 0 bridgehead atoms. The number of aliphatic carboxylic acids is 2. The van der Waals surface area contributed by atoms with Crippen LogP contribution >= 0.6 is 0 Å². The number of fused-ring (bicyclic) bond motifs is 6. The first kappa shape index (κ1) is 53.5. The summed E-state index contributed by atoms with van der Waals surface area (Å²) in [5.41, 5.74) is 6.46. The van der Waals surface area contributed by atoms with Gasteiger partial charge in [0.05, 0.1) is 35.0 Å². The monoisotopic (exact) mass is 901 g/mol. The zero-order valence-electron chi connectivity index (χ0n) is 37.5. The molecule has 0 saturated heterocycles. The number of nitrogens with one attached hydrogen (secondary N) is 2. The van der Waals surface area contributed by atoms with E-state index in [0.717, 1.165) is 33.6 Å². The molecule has 0 aliphatic carbocycles. The van der Waals surface area contributed by atoms with Crippen LogP contribution in [0.1, 0.15) is 91.4 Å². The number of allylic oxidation sites excluding steroid dienone is 2. The van der Waals surface area contributed by atoms with Crippen LogP contribution in [-0.4, -0.2) is 59.9 Å². The molecule has 6 atom stereocenters. The van der Waals surface area contributed by atoms with Crippen LogP contribution in [0.4, 0.5) is 11.4 Å².